The second-order valence-electron chi connectivity index (χ2n) is 5.76. The van der Waals surface area contributed by atoms with Gasteiger partial charge in [-0.1, -0.05) is 18.2 Å². The molecule has 0 aliphatic carbocycles. The van der Waals surface area contributed by atoms with Crippen molar-refractivity contribution in [1.82, 2.24) is 4.98 Å². The number of hydrogen-bond donors (Lipinski definition) is 1. The fourth-order valence-electron chi connectivity index (χ4n) is 2.69. The summed E-state index contributed by atoms with van der Waals surface area (Å²) in [6, 6.07) is 9.95. The van der Waals surface area contributed by atoms with E-state index in [1.54, 1.807) is 24.3 Å². The van der Waals surface area contributed by atoms with Crippen LogP contribution in [0.5, 0.6) is 0 Å². The van der Waals surface area contributed by atoms with Gasteiger partial charge in [-0.05, 0) is 35.9 Å². The highest BCUT2D eigenvalue weighted by atomic mass is 19.4. The molecule has 1 heterocycles. The fraction of sp³-hybridized carbons (Fsp3) is 0.105. The van der Waals surface area contributed by atoms with Gasteiger partial charge < -0.3 is 4.98 Å². The zero-order valence-electron chi connectivity index (χ0n) is 13.4. The normalized spacial score (nSPS) is 13.0. The lowest BCUT2D eigenvalue weighted by molar-refractivity contribution is -0.143. The topological polar surface area (TPSA) is 39.6 Å². The number of aromatic nitrogens is 1. The van der Waals surface area contributed by atoms with Crippen LogP contribution >= 0.6 is 0 Å². The molecule has 0 fully saturated rings. The van der Waals surface area contributed by atoms with Gasteiger partial charge in [0.05, 0.1) is 22.8 Å². The summed E-state index contributed by atoms with van der Waals surface area (Å²) in [5, 5.41) is 10.0. The van der Waals surface area contributed by atoms with Gasteiger partial charge in [0.2, 0.25) is 0 Å². The van der Waals surface area contributed by atoms with Crippen LogP contribution in [0.1, 0.15) is 22.3 Å². The summed E-state index contributed by atoms with van der Waals surface area (Å²) in [5.74, 6) is 0. The molecule has 0 radical (unpaired) electrons. The molecule has 138 valence electrons. The minimum Gasteiger partial charge on any atom is -0.361 e. The summed E-state index contributed by atoms with van der Waals surface area (Å²) in [7, 11) is 0. The molecule has 2 nitrogen and oxygen atoms in total. The Morgan fingerprint density at radius 3 is 2.07 bits per heavy atom. The van der Waals surface area contributed by atoms with Crippen LogP contribution in [0.2, 0.25) is 0 Å². The zero-order valence-corrected chi connectivity index (χ0v) is 13.4. The molecule has 0 bridgehead atoms. The van der Waals surface area contributed by atoms with Crippen LogP contribution in [0.3, 0.4) is 0 Å². The van der Waals surface area contributed by atoms with Gasteiger partial charge in [0.1, 0.15) is 0 Å². The van der Waals surface area contributed by atoms with E-state index in [-0.39, 0.29) is 17.2 Å². The van der Waals surface area contributed by atoms with E-state index in [0.717, 1.165) is 6.08 Å². The standard InChI is InChI=1S/C19H10F6N2/c20-18(21,22)13-6-11(7-14(8-13)19(23,24)25)5-12(9-26)16-10-27-17-4-2-1-3-15(16)17/h1-8,10,27H. The summed E-state index contributed by atoms with van der Waals surface area (Å²) < 4.78 is 77.9. The first-order valence-electron chi connectivity index (χ1n) is 7.57. The van der Waals surface area contributed by atoms with Crippen molar-refractivity contribution in [1.29, 1.82) is 5.26 Å². The lowest BCUT2D eigenvalue weighted by Crippen LogP contribution is -2.11. The van der Waals surface area contributed by atoms with Gasteiger partial charge in [0.15, 0.2) is 0 Å². The van der Waals surface area contributed by atoms with Crippen LogP contribution in [0.15, 0.2) is 48.7 Å². The Hall–Kier alpha value is -3.21. The van der Waals surface area contributed by atoms with E-state index in [2.05, 4.69) is 4.98 Å². The number of H-pyrrole nitrogens is 1. The Bertz CT molecular complexity index is 1030. The number of nitriles is 1. The molecule has 1 aromatic heterocycles. The molecule has 0 atom stereocenters. The first kappa shape index (κ1) is 18.6. The summed E-state index contributed by atoms with van der Waals surface area (Å²) >= 11 is 0. The van der Waals surface area contributed by atoms with E-state index in [1.165, 1.54) is 6.20 Å². The minimum atomic E-state index is -4.95. The fourth-order valence-corrected chi connectivity index (χ4v) is 2.69. The van der Waals surface area contributed by atoms with Gasteiger partial charge in [-0.2, -0.15) is 31.6 Å². The van der Waals surface area contributed by atoms with Crippen LogP contribution in [-0.2, 0) is 12.4 Å². The summed E-state index contributed by atoms with van der Waals surface area (Å²) in [6.07, 6.45) is -7.40. The van der Waals surface area contributed by atoms with E-state index >= 15 is 0 Å². The van der Waals surface area contributed by atoms with Crippen LogP contribution in [0, 0.1) is 11.3 Å². The van der Waals surface area contributed by atoms with Gasteiger partial charge in [-0.25, -0.2) is 0 Å². The number of benzene rings is 2. The number of hydrogen-bond acceptors (Lipinski definition) is 1. The number of rotatable bonds is 2. The Morgan fingerprint density at radius 1 is 0.926 bits per heavy atom. The Morgan fingerprint density at radius 2 is 1.52 bits per heavy atom. The highest BCUT2D eigenvalue weighted by molar-refractivity contribution is 6.01. The van der Waals surface area contributed by atoms with Gasteiger partial charge in [-0.15, -0.1) is 0 Å². The van der Waals surface area contributed by atoms with Crippen LogP contribution in [-0.4, -0.2) is 4.98 Å². The first-order chi connectivity index (χ1) is 12.6. The maximum absolute atomic E-state index is 13.0. The Labute approximate surface area is 149 Å². The quantitative estimate of drug-likeness (QED) is 0.413. The zero-order chi connectivity index (χ0) is 19.8. The number of alkyl halides is 6. The maximum atomic E-state index is 13.0. The predicted octanol–water partition coefficient (Wildman–Crippen LogP) is 6.27. The van der Waals surface area contributed by atoms with Crippen molar-refractivity contribution in [2.24, 2.45) is 0 Å². The van der Waals surface area contributed by atoms with E-state index in [1.807, 2.05) is 6.07 Å². The molecule has 2 aromatic carbocycles. The molecular formula is C19H10F6N2. The van der Waals surface area contributed by atoms with Crippen molar-refractivity contribution in [2.75, 3.05) is 0 Å². The van der Waals surface area contributed by atoms with E-state index in [4.69, 9.17) is 0 Å². The Kier molecular flexibility index (Phi) is 4.47. The van der Waals surface area contributed by atoms with E-state index < -0.39 is 23.5 Å². The number of halogens is 6. The minimum absolute atomic E-state index is 0.0507. The van der Waals surface area contributed by atoms with Crippen molar-refractivity contribution in [3.05, 3.63) is 70.9 Å². The van der Waals surface area contributed by atoms with Gasteiger partial charge in [0.25, 0.3) is 0 Å². The van der Waals surface area contributed by atoms with Crippen molar-refractivity contribution in [3.63, 3.8) is 0 Å². The second kappa shape index (κ2) is 6.50. The number of para-hydroxylation sites is 1. The maximum Gasteiger partial charge on any atom is 0.416 e. The molecule has 0 amide bonds. The third-order valence-electron chi connectivity index (χ3n) is 3.92. The largest absolute Gasteiger partial charge is 0.416 e. The molecule has 0 unspecified atom stereocenters. The SMILES string of the molecule is N#CC(=Cc1cc(C(F)(F)F)cc(C(F)(F)F)c1)c1c[nH]c2ccccc12. The summed E-state index contributed by atoms with van der Waals surface area (Å²) in [5.41, 5.74) is -2.20. The molecule has 0 saturated heterocycles. The molecule has 0 spiro atoms. The number of aromatic amines is 1. The van der Waals surface area contributed by atoms with Crippen LogP contribution in [0.25, 0.3) is 22.6 Å². The lowest BCUT2D eigenvalue weighted by Gasteiger charge is -2.13. The second-order valence-corrected chi connectivity index (χ2v) is 5.76. The first-order valence-corrected chi connectivity index (χ1v) is 7.57. The van der Waals surface area contributed by atoms with E-state index in [9.17, 15) is 31.6 Å². The molecule has 1 N–H and O–H groups in total. The lowest BCUT2D eigenvalue weighted by atomic mass is 10.00. The summed E-state index contributed by atoms with van der Waals surface area (Å²) in [4.78, 5) is 2.91. The van der Waals surface area contributed by atoms with Gasteiger partial charge in [0, 0.05) is 22.7 Å². The summed E-state index contributed by atoms with van der Waals surface area (Å²) in [6.45, 7) is 0. The number of allylic oxidation sites excluding steroid dienone is 1. The monoisotopic (exact) mass is 380 g/mol. The van der Waals surface area contributed by atoms with Crippen molar-refractivity contribution >= 4 is 22.6 Å². The molecular weight excluding hydrogens is 370 g/mol. The van der Waals surface area contributed by atoms with E-state index in [0.29, 0.717) is 28.6 Å². The highest BCUT2D eigenvalue weighted by Gasteiger charge is 2.36. The molecule has 3 aromatic rings. The number of nitrogens with zero attached hydrogens (tertiary/aromatic N) is 1. The third kappa shape index (κ3) is 3.82. The number of fused-ring (bicyclic) bond motifs is 1. The predicted molar refractivity (Wildman–Crippen MR) is 88.2 cm³/mol. The molecule has 0 saturated carbocycles. The molecule has 3 rings (SSSR count). The smallest absolute Gasteiger partial charge is 0.361 e. The molecule has 0 aliphatic rings. The Balaban J connectivity index is 2.18. The molecule has 27 heavy (non-hydrogen) atoms. The average Bonchev–Trinajstić information content (AvgIpc) is 3.02. The molecule has 8 heteroatoms. The molecule has 0 aliphatic heterocycles. The highest BCUT2D eigenvalue weighted by Crippen LogP contribution is 2.37. The third-order valence-corrected chi connectivity index (χ3v) is 3.92. The van der Waals surface area contributed by atoms with Crippen molar-refractivity contribution in [3.8, 4) is 6.07 Å². The van der Waals surface area contributed by atoms with Crippen molar-refractivity contribution in [2.45, 2.75) is 12.4 Å². The number of nitrogens with one attached hydrogen (secondary N) is 1. The van der Waals surface area contributed by atoms with Gasteiger partial charge in [-0.3, -0.25) is 0 Å². The average molecular weight is 380 g/mol. The van der Waals surface area contributed by atoms with Crippen molar-refractivity contribution < 1.29 is 26.3 Å². The van der Waals surface area contributed by atoms with Crippen LogP contribution in [0.4, 0.5) is 26.3 Å². The van der Waals surface area contributed by atoms with Crippen LogP contribution < -0.4 is 0 Å². The van der Waals surface area contributed by atoms with Gasteiger partial charge >= 0.3 is 12.4 Å².